The maximum Gasteiger partial charge on any atom is 0.139 e. The summed E-state index contributed by atoms with van der Waals surface area (Å²) >= 11 is 7.68. The van der Waals surface area contributed by atoms with Crippen molar-refractivity contribution >= 4 is 22.9 Å². The van der Waals surface area contributed by atoms with Crippen LogP contribution in [0.25, 0.3) is 22.6 Å². The summed E-state index contributed by atoms with van der Waals surface area (Å²) in [5.41, 5.74) is 4.17. The average molecular weight is 275 g/mol. The molecule has 2 aromatic heterocycles. The predicted octanol–water partition coefficient (Wildman–Crippen LogP) is 4.77. The Labute approximate surface area is 114 Å². The molecule has 0 radical (unpaired) electrons. The molecule has 0 amide bonds. The minimum absolute atomic E-state index is 0.729. The number of imidazole rings is 1. The van der Waals surface area contributed by atoms with E-state index in [9.17, 15) is 0 Å². The predicted molar refractivity (Wildman–Crippen MR) is 77.1 cm³/mol. The van der Waals surface area contributed by atoms with Gasteiger partial charge in [0.25, 0.3) is 0 Å². The molecule has 90 valence electrons. The van der Waals surface area contributed by atoms with Gasteiger partial charge in [0.05, 0.1) is 5.69 Å². The van der Waals surface area contributed by atoms with Crippen LogP contribution in [0.1, 0.15) is 5.69 Å². The van der Waals surface area contributed by atoms with Crippen molar-refractivity contribution in [3.05, 3.63) is 51.8 Å². The number of aromatic amines is 1. The second-order valence-corrected chi connectivity index (χ2v) is 5.30. The van der Waals surface area contributed by atoms with Crippen LogP contribution in [0, 0.1) is 6.92 Å². The van der Waals surface area contributed by atoms with E-state index in [-0.39, 0.29) is 0 Å². The fraction of sp³-hybridized carbons (Fsp3) is 0.0714. The Morgan fingerprint density at radius 1 is 1.22 bits per heavy atom. The van der Waals surface area contributed by atoms with E-state index in [0.717, 1.165) is 33.4 Å². The number of hydrogen-bond donors (Lipinski definition) is 1. The first-order valence-electron chi connectivity index (χ1n) is 5.59. The van der Waals surface area contributed by atoms with Crippen molar-refractivity contribution in [3.8, 4) is 22.6 Å². The number of aromatic nitrogens is 2. The largest absolute Gasteiger partial charge is 0.342 e. The Morgan fingerprint density at radius 2 is 2.11 bits per heavy atom. The van der Waals surface area contributed by atoms with Crippen LogP contribution < -0.4 is 0 Å². The number of benzene rings is 1. The molecule has 1 aromatic carbocycles. The van der Waals surface area contributed by atoms with Crippen molar-refractivity contribution < 1.29 is 0 Å². The lowest BCUT2D eigenvalue weighted by atomic mass is 10.1. The van der Waals surface area contributed by atoms with Gasteiger partial charge in [-0.1, -0.05) is 23.7 Å². The second kappa shape index (κ2) is 4.59. The Morgan fingerprint density at radius 3 is 2.83 bits per heavy atom. The minimum Gasteiger partial charge on any atom is -0.342 e. The lowest BCUT2D eigenvalue weighted by Crippen LogP contribution is -1.80. The van der Waals surface area contributed by atoms with Crippen LogP contribution in [0.4, 0.5) is 0 Å². The summed E-state index contributed by atoms with van der Waals surface area (Å²) in [6, 6.07) is 9.82. The highest BCUT2D eigenvalue weighted by atomic mass is 35.5. The molecule has 0 unspecified atom stereocenters. The summed E-state index contributed by atoms with van der Waals surface area (Å²) in [5, 5.41) is 4.86. The lowest BCUT2D eigenvalue weighted by molar-refractivity contribution is 1.26. The Hall–Kier alpha value is -1.58. The van der Waals surface area contributed by atoms with Crippen LogP contribution in [0.5, 0.6) is 0 Å². The van der Waals surface area contributed by atoms with Crippen LogP contribution in [0.2, 0.25) is 5.02 Å². The van der Waals surface area contributed by atoms with Crippen molar-refractivity contribution in [1.82, 2.24) is 9.97 Å². The van der Waals surface area contributed by atoms with Gasteiger partial charge in [-0.25, -0.2) is 4.98 Å². The van der Waals surface area contributed by atoms with Crippen LogP contribution in [-0.4, -0.2) is 9.97 Å². The van der Waals surface area contributed by atoms with Crippen molar-refractivity contribution in [2.24, 2.45) is 0 Å². The van der Waals surface area contributed by atoms with Crippen LogP contribution in [0.3, 0.4) is 0 Å². The van der Waals surface area contributed by atoms with Gasteiger partial charge in [-0.15, -0.1) is 0 Å². The molecule has 0 saturated heterocycles. The lowest BCUT2D eigenvalue weighted by Gasteiger charge is -1.98. The molecule has 2 nitrogen and oxygen atoms in total. The first-order chi connectivity index (χ1) is 8.74. The molecule has 0 aliphatic heterocycles. The zero-order valence-electron chi connectivity index (χ0n) is 9.77. The summed E-state index contributed by atoms with van der Waals surface area (Å²) < 4.78 is 0. The van der Waals surface area contributed by atoms with Crippen molar-refractivity contribution in [3.63, 3.8) is 0 Å². The Bertz CT molecular complexity index is 671. The first-order valence-corrected chi connectivity index (χ1v) is 6.91. The third-order valence-electron chi connectivity index (χ3n) is 2.78. The van der Waals surface area contributed by atoms with Gasteiger partial charge in [-0.2, -0.15) is 11.3 Å². The number of rotatable bonds is 2. The molecule has 0 atom stereocenters. The highest BCUT2D eigenvalue weighted by Gasteiger charge is 2.10. The van der Waals surface area contributed by atoms with E-state index in [4.69, 9.17) is 11.6 Å². The van der Waals surface area contributed by atoms with Crippen LogP contribution in [0.15, 0.2) is 41.1 Å². The average Bonchev–Trinajstić information content (AvgIpc) is 2.97. The van der Waals surface area contributed by atoms with E-state index in [1.807, 2.05) is 36.6 Å². The third-order valence-corrected chi connectivity index (χ3v) is 3.70. The molecular formula is C14H11ClN2S. The molecule has 4 heteroatoms. The fourth-order valence-electron chi connectivity index (χ4n) is 1.91. The fourth-order valence-corrected chi connectivity index (χ4v) is 2.74. The number of thiophene rings is 1. The van der Waals surface area contributed by atoms with E-state index in [1.54, 1.807) is 11.3 Å². The van der Waals surface area contributed by atoms with Gasteiger partial charge in [0.1, 0.15) is 5.82 Å². The molecule has 0 aliphatic rings. The van der Waals surface area contributed by atoms with Gasteiger partial charge in [-0.3, -0.25) is 0 Å². The molecule has 1 N–H and O–H groups in total. The molecule has 0 aliphatic carbocycles. The molecule has 18 heavy (non-hydrogen) atoms. The van der Waals surface area contributed by atoms with Gasteiger partial charge in [0, 0.05) is 27.2 Å². The molecule has 0 saturated carbocycles. The van der Waals surface area contributed by atoms with E-state index in [0.29, 0.717) is 0 Å². The summed E-state index contributed by atoms with van der Waals surface area (Å²) in [6.45, 7) is 2.03. The summed E-state index contributed by atoms with van der Waals surface area (Å²) in [4.78, 5) is 7.97. The smallest absolute Gasteiger partial charge is 0.139 e. The van der Waals surface area contributed by atoms with Gasteiger partial charge in [0.2, 0.25) is 0 Å². The number of aryl methyl sites for hydroxylation is 1. The van der Waals surface area contributed by atoms with Gasteiger partial charge in [0.15, 0.2) is 0 Å². The van der Waals surface area contributed by atoms with E-state index in [1.165, 1.54) is 0 Å². The van der Waals surface area contributed by atoms with Gasteiger partial charge < -0.3 is 4.98 Å². The Balaban J connectivity index is 2.09. The summed E-state index contributed by atoms with van der Waals surface area (Å²) in [6.07, 6.45) is 0. The molecular weight excluding hydrogens is 264 g/mol. The molecule has 0 bridgehead atoms. The number of hydrogen-bond acceptors (Lipinski definition) is 2. The van der Waals surface area contributed by atoms with E-state index < -0.39 is 0 Å². The number of halogens is 1. The molecule has 0 fully saturated rings. The van der Waals surface area contributed by atoms with Crippen LogP contribution >= 0.6 is 22.9 Å². The molecule has 3 aromatic rings. The monoisotopic (exact) mass is 274 g/mol. The SMILES string of the molecule is Cc1[nH]c(-c2ccsc2)nc1-c1cccc(Cl)c1. The van der Waals surface area contributed by atoms with E-state index in [2.05, 4.69) is 21.4 Å². The van der Waals surface area contributed by atoms with Gasteiger partial charge >= 0.3 is 0 Å². The van der Waals surface area contributed by atoms with Gasteiger partial charge in [-0.05, 0) is 30.5 Å². The number of nitrogens with zero attached hydrogens (tertiary/aromatic N) is 1. The minimum atomic E-state index is 0.729. The quantitative estimate of drug-likeness (QED) is 0.717. The highest BCUT2D eigenvalue weighted by molar-refractivity contribution is 7.08. The Kier molecular flexibility index (Phi) is 2.94. The summed E-state index contributed by atoms with van der Waals surface area (Å²) in [7, 11) is 0. The maximum absolute atomic E-state index is 6.02. The number of H-pyrrole nitrogens is 1. The topological polar surface area (TPSA) is 28.7 Å². The second-order valence-electron chi connectivity index (χ2n) is 4.08. The highest BCUT2D eigenvalue weighted by Crippen LogP contribution is 2.28. The first kappa shape index (κ1) is 11.5. The molecule has 3 rings (SSSR count). The zero-order chi connectivity index (χ0) is 12.5. The third kappa shape index (κ3) is 2.07. The van der Waals surface area contributed by atoms with Crippen molar-refractivity contribution in [2.75, 3.05) is 0 Å². The standard InChI is InChI=1S/C14H11ClN2S/c1-9-13(10-3-2-4-12(15)7-10)17-14(16-9)11-5-6-18-8-11/h2-8H,1H3,(H,16,17). The van der Waals surface area contributed by atoms with Crippen molar-refractivity contribution in [2.45, 2.75) is 6.92 Å². The van der Waals surface area contributed by atoms with Crippen molar-refractivity contribution in [1.29, 1.82) is 0 Å². The summed E-state index contributed by atoms with van der Waals surface area (Å²) in [5.74, 6) is 0.906. The number of nitrogens with one attached hydrogen (secondary N) is 1. The maximum atomic E-state index is 6.02. The normalized spacial score (nSPS) is 10.8. The molecule has 2 heterocycles. The molecule has 0 spiro atoms. The van der Waals surface area contributed by atoms with Crippen LogP contribution in [-0.2, 0) is 0 Å². The zero-order valence-corrected chi connectivity index (χ0v) is 11.3. The van der Waals surface area contributed by atoms with E-state index >= 15 is 0 Å².